The summed E-state index contributed by atoms with van der Waals surface area (Å²) in [5.74, 6) is 0.0375. The number of rotatable bonds is 9. The summed E-state index contributed by atoms with van der Waals surface area (Å²) >= 11 is 8.00. The molecule has 2 aliphatic rings. The molecule has 3 aromatic carbocycles. The van der Waals surface area contributed by atoms with Crippen molar-refractivity contribution in [2.45, 2.75) is 84.6 Å². The third kappa shape index (κ3) is 6.76. The third-order valence-corrected chi connectivity index (χ3v) is 11.2. The normalized spacial score (nSPS) is 17.1. The largest absolute Gasteiger partial charge is 0.464 e. The number of likely N-dealkylation sites (tertiary alicyclic amines) is 1. The first-order chi connectivity index (χ1) is 23.5. The molecule has 2 aromatic heterocycles. The standard InChI is InChI=1S/C39H46ClN5O3S/c1-7-45-31-14-11-26(20-29(31)34(43-45)25-15-17-44(18-16-25)28-21-41-22-28)37-42-30-19-23(3)32(35(38(46)47-8-2)48-39(4,5)6)33(36(30)49-37)24-9-12-27(40)13-10-24/h9-14,19-20,25,28,35,41H,7-8,15-18,21-22H2,1-6H3/t35-/m0/s1. The number of fused-ring (bicyclic) bond motifs is 2. The van der Waals surface area contributed by atoms with Gasteiger partial charge in [-0.2, -0.15) is 5.10 Å². The fourth-order valence-electron chi connectivity index (χ4n) is 7.32. The molecule has 0 unspecified atom stereocenters. The molecule has 49 heavy (non-hydrogen) atoms. The van der Waals surface area contributed by atoms with Gasteiger partial charge in [0.25, 0.3) is 0 Å². The number of aryl methyl sites for hydroxylation is 2. The van der Waals surface area contributed by atoms with Gasteiger partial charge in [0, 0.05) is 58.7 Å². The molecule has 1 atom stereocenters. The molecule has 258 valence electrons. The summed E-state index contributed by atoms with van der Waals surface area (Å²) in [4.78, 5) is 21.4. The van der Waals surface area contributed by atoms with Crippen molar-refractivity contribution < 1.29 is 14.3 Å². The maximum absolute atomic E-state index is 13.6. The first-order valence-corrected chi connectivity index (χ1v) is 18.7. The lowest BCUT2D eigenvalue weighted by atomic mass is 9.90. The lowest BCUT2D eigenvalue weighted by molar-refractivity contribution is -0.166. The molecule has 2 aliphatic heterocycles. The summed E-state index contributed by atoms with van der Waals surface area (Å²) in [6.07, 6.45) is 1.34. The fraction of sp³-hybridized carbons (Fsp3) is 0.462. The van der Waals surface area contributed by atoms with Crippen LogP contribution in [-0.4, -0.2) is 70.1 Å². The van der Waals surface area contributed by atoms with Crippen LogP contribution < -0.4 is 5.32 Å². The van der Waals surface area contributed by atoms with Crippen molar-refractivity contribution >= 4 is 50.0 Å². The van der Waals surface area contributed by atoms with Gasteiger partial charge in [0.15, 0.2) is 6.10 Å². The molecule has 0 aliphatic carbocycles. The highest BCUT2D eigenvalue weighted by Gasteiger charge is 2.34. The number of benzene rings is 3. The number of nitrogens with zero attached hydrogens (tertiary/aromatic N) is 4. The molecule has 4 heterocycles. The minimum atomic E-state index is -0.911. The summed E-state index contributed by atoms with van der Waals surface area (Å²) in [5, 5.41) is 11.4. The second kappa shape index (κ2) is 13.8. The molecule has 5 aromatic rings. The zero-order chi connectivity index (χ0) is 34.4. The number of hydrogen-bond donors (Lipinski definition) is 1. The Hall–Kier alpha value is -3.34. The van der Waals surface area contributed by atoms with Crippen LogP contribution in [0.1, 0.15) is 76.3 Å². The van der Waals surface area contributed by atoms with E-state index < -0.39 is 17.7 Å². The molecule has 0 bridgehead atoms. The van der Waals surface area contributed by atoms with E-state index in [9.17, 15) is 4.79 Å². The van der Waals surface area contributed by atoms with Crippen LogP contribution in [0.2, 0.25) is 5.02 Å². The van der Waals surface area contributed by atoms with Crippen molar-refractivity contribution in [1.82, 2.24) is 25.0 Å². The number of carbonyl (C=O) groups excluding carboxylic acids is 1. The third-order valence-electron chi connectivity index (χ3n) is 9.81. The van der Waals surface area contributed by atoms with Gasteiger partial charge < -0.3 is 14.8 Å². The average Bonchev–Trinajstić information content (AvgIpc) is 3.64. The Bertz CT molecular complexity index is 1980. The van der Waals surface area contributed by atoms with Crippen LogP contribution in [0.25, 0.3) is 42.8 Å². The highest BCUT2D eigenvalue weighted by atomic mass is 35.5. The van der Waals surface area contributed by atoms with Crippen molar-refractivity contribution in [2.24, 2.45) is 0 Å². The number of carbonyl (C=O) groups is 1. The van der Waals surface area contributed by atoms with Crippen molar-refractivity contribution in [3.8, 4) is 21.7 Å². The van der Waals surface area contributed by atoms with E-state index in [-0.39, 0.29) is 6.61 Å². The second-order valence-electron chi connectivity index (χ2n) is 14.3. The van der Waals surface area contributed by atoms with Crippen LogP contribution in [-0.2, 0) is 20.8 Å². The topological polar surface area (TPSA) is 81.5 Å². The highest BCUT2D eigenvalue weighted by molar-refractivity contribution is 7.22. The van der Waals surface area contributed by atoms with Crippen molar-refractivity contribution in [3.05, 3.63) is 70.4 Å². The van der Waals surface area contributed by atoms with E-state index in [0.29, 0.717) is 17.0 Å². The van der Waals surface area contributed by atoms with Gasteiger partial charge in [-0.25, -0.2) is 9.78 Å². The van der Waals surface area contributed by atoms with E-state index in [1.165, 1.54) is 16.6 Å². The van der Waals surface area contributed by atoms with Crippen LogP contribution in [0.15, 0.2) is 48.5 Å². The Morgan fingerprint density at radius 1 is 1.06 bits per heavy atom. The minimum absolute atomic E-state index is 0.265. The van der Waals surface area contributed by atoms with Crippen molar-refractivity contribution in [3.63, 3.8) is 0 Å². The quantitative estimate of drug-likeness (QED) is 0.155. The molecule has 7 rings (SSSR count). The summed E-state index contributed by atoms with van der Waals surface area (Å²) < 4.78 is 15.2. The first kappa shape index (κ1) is 34.1. The predicted molar refractivity (Wildman–Crippen MR) is 200 cm³/mol. The molecule has 2 saturated heterocycles. The van der Waals surface area contributed by atoms with Gasteiger partial charge in [-0.05, 0) is 115 Å². The lowest BCUT2D eigenvalue weighted by Gasteiger charge is -2.42. The van der Waals surface area contributed by atoms with Gasteiger partial charge in [0.2, 0.25) is 0 Å². The van der Waals surface area contributed by atoms with Crippen molar-refractivity contribution in [1.29, 1.82) is 0 Å². The molecule has 10 heteroatoms. The van der Waals surface area contributed by atoms with Crippen LogP contribution in [0.3, 0.4) is 0 Å². The maximum atomic E-state index is 13.6. The minimum Gasteiger partial charge on any atom is -0.464 e. The summed E-state index contributed by atoms with van der Waals surface area (Å²) in [7, 11) is 0. The van der Waals surface area contributed by atoms with Gasteiger partial charge in [-0.15, -0.1) is 11.3 Å². The number of piperidine rings is 1. The number of aromatic nitrogens is 3. The molecule has 0 saturated carbocycles. The zero-order valence-electron chi connectivity index (χ0n) is 29.3. The number of esters is 1. The fourth-order valence-corrected chi connectivity index (χ4v) is 8.57. The van der Waals surface area contributed by atoms with E-state index >= 15 is 0 Å². The number of ether oxygens (including phenoxy) is 2. The Balaban J connectivity index is 1.34. The average molecular weight is 700 g/mol. The van der Waals surface area contributed by atoms with E-state index in [2.05, 4.69) is 46.1 Å². The smallest absolute Gasteiger partial charge is 0.339 e. The van der Waals surface area contributed by atoms with Crippen LogP contribution >= 0.6 is 22.9 Å². The van der Waals surface area contributed by atoms with Gasteiger partial charge in [-0.3, -0.25) is 9.58 Å². The highest BCUT2D eigenvalue weighted by Crippen LogP contribution is 2.45. The number of hydrogen-bond acceptors (Lipinski definition) is 8. The van der Waals surface area contributed by atoms with Gasteiger partial charge in [-0.1, -0.05) is 23.7 Å². The number of nitrogens with one attached hydrogen (secondary N) is 1. The van der Waals surface area contributed by atoms with E-state index in [0.717, 1.165) is 88.6 Å². The Morgan fingerprint density at radius 3 is 2.41 bits per heavy atom. The summed E-state index contributed by atoms with van der Waals surface area (Å²) in [6.45, 7) is 17.4. The van der Waals surface area contributed by atoms with Crippen molar-refractivity contribution in [2.75, 3.05) is 32.8 Å². The predicted octanol–water partition coefficient (Wildman–Crippen LogP) is 8.53. The Kier molecular flexibility index (Phi) is 9.58. The van der Waals surface area contributed by atoms with Gasteiger partial charge in [0.1, 0.15) is 5.01 Å². The molecule has 0 amide bonds. The second-order valence-corrected chi connectivity index (χ2v) is 15.7. The van der Waals surface area contributed by atoms with Crippen LogP contribution in [0, 0.1) is 6.92 Å². The molecular weight excluding hydrogens is 654 g/mol. The monoisotopic (exact) mass is 699 g/mol. The van der Waals surface area contributed by atoms with Gasteiger partial charge in [0.05, 0.1) is 33.6 Å². The molecule has 1 N–H and O–H groups in total. The van der Waals surface area contributed by atoms with E-state index in [1.54, 1.807) is 11.3 Å². The maximum Gasteiger partial charge on any atom is 0.339 e. The lowest BCUT2D eigenvalue weighted by Crippen LogP contribution is -2.58. The molecule has 2 fully saturated rings. The Labute approximate surface area is 297 Å². The molecule has 0 spiro atoms. The SMILES string of the molecule is CCOC(=O)[C@@H](OC(C)(C)C)c1c(C)cc2nc(-c3ccc4c(c3)c(C3CCN(C5CNC5)CC3)nn4CC)sc2c1-c1ccc(Cl)cc1. The first-order valence-electron chi connectivity index (χ1n) is 17.5. The number of halogens is 1. The van der Waals surface area contributed by atoms with E-state index in [1.807, 2.05) is 58.9 Å². The molecule has 0 radical (unpaired) electrons. The van der Waals surface area contributed by atoms with Crippen LogP contribution in [0.5, 0.6) is 0 Å². The summed E-state index contributed by atoms with van der Waals surface area (Å²) in [6, 6.07) is 17.2. The molecular formula is C39H46ClN5O3S. The Morgan fingerprint density at radius 2 is 1.78 bits per heavy atom. The van der Waals surface area contributed by atoms with Gasteiger partial charge >= 0.3 is 5.97 Å². The van der Waals surface area contributed by atoms with E-state index in [4.69, 9.17) is 31.2 Å². The number of thiazole rings is 1. The molecule has 8 nitrogen and oxygen atoms in total. The zero-order valence-corrected chi connectivity index (χ0v) is 30.9. The summed E-state index contributed by atoms with van der Waals surface area (Å²) in [5.41, 5.74) is 7.33. The van der Waals surface area contributed by atoms with Crippen LogP contribution in [0.4, 0.5) is 0 Å².